The second kappa shape index (κ2) is 34.0. The van der Waals surface area contributed by atoms with Gasteiger partial charge in [0.25, 0.3) is 11.1 Å². The van der Waals surface area contributed by atoms with Gasteiger partial charge < -0.3 is 15.7 Å². The summed E-state index contributed by atoms with van der Waals surface area (Å²) in [5, 5.41) is 22.5. The summed E-state index contributed by atoms with van der Waals surface area (Å²) >= 11 is 3.45. The summed E-state index contributed by atoms with van der Waals surface area (Å²) in [4.78, 5) is 64.8. The Labute approximate surface area is 566 Å². The zero-order chi connectivity index (χ0) is 62.4. The number of pyridine rings is 2. The van der Waals surface area contributed by atoms with Gasteiger partial charge in [-0.3, -0.25) is 28.3 Å². The Balaban J connectivity index is 0.000000179. The van der Waals surface area contributed by atoms with Crippen molar-refractivity contribution in [2.75, 3.05) is 6.54 Å². The van der Waals surface area contributed by atoms with Crippen LogP contribution in [0.25, 0.3) is 21.8 Å². The van der Waals surface area contributed by atoms with Gasteiger partial charge in [-0.25, -0.2) is 30.0 Å². The molecular formula is C69H86BrCl4N9O7S. The van der Waals surface area contributed by atoms with Crippen molar-refractivity contribution in [2.45, 2.75) is 194 Å². The van der Waals surface area contributed by atoms with Crippen molar-refractivity contribution in [3.63, 3.8) is 0 Å². The Hall–Kier alpha value is -5.54. The van der Waals surface area contributed by atoms with Gasteiger partial charge in [-0.15, -0.1) is 31.2 Å². The Morgan fingerprint density at radius 3 is 1.45 bits per heavy atom. The maximum absolute atomic E-state index is 12.9. The maximum Gasteiger partial charge on any atom is 0.261 e. The summed E-state index contributed by atoms with van der Waals surface area (Å²) in [6.07, 6.45) is 40.4. The van der Waals surface area contributed by atoms with Crippen LogP contribution in [0.1, 0.15) is 197 Å². The van der Waals surface area contributed by atoms with Crippen LogP contribution in [0.5, 0.6) is 0 Å². The lowest BCUT2D eigenvalue weighted by Gasteiger charge is -2.20. The van der Waals surface area contributed by atoms with E-state index in [2.05, 4.69) is 81.4 Å². The number of nitrogens with one attached hydrogen (secondary N) is 1. The number of nitrogens with two attached hydrogens (primary N) is 1. The van der Waals surface area contributed by atoms with Gasteiger partial charge in [0, 0.05) is 95.5 Å². The van der Waals surface area contributed by atoms with Gasteiger partial charge in [0.2, 0.25) is 15.1 Å². The van der Waals surface area contributed by atoms with Crippen molar-refractivity contribution in [1.82, 2.24) is 34.4 Å². The molecule has 5 spiro atoms. The molecule has 16 rings (SSSR count). The highest BCUT2D eigenvalue weighted by Gasteiger charge is 2.47. The quantitative estimate of drug-likeness (QED) is 0.0481. The number of carbonyl (C=O) groups excluding carboxylic acids is 2. The van der Waals surface area contributed by atoms with Crippen LogP contribution in [-0.2, 0) is 44.7 Å². The highest BCUT2D eigenvalue weighted by Crippen LogP contribution is 2.57. The first-order chi connectivity index (χ1) is 42.5. The first-order valence-electron chi connectivity index (χ1n) is 31.0. The number of hydrogen-bond donors (Lipinski definition) is 4. The maximum atomic E-state index is 12.9. The number of amides is 1. The van der Waals surface area contributed by atoms with E-state index in [0.29, 0.717) is 43.9 Å². The minimum Gasteiger partial charge on any atom is -0.411 e. The number of aryl methyl sites for hydroxylation is 2. The van der Waals surface area contributed by atoms with Gasteiger partial charge in [0.15, 0.2) is 0 Å². The van der Waals surface area contributed by atoms with Crippen LogP contribution in [-0.4, -0.2) is 67.6 Å². The molecule has 7 heterocycles. The molecule has 7 aliphatic carbocycles. The number of oxime groups is 1. The predicted molar refractivity (Wildman–Crippen MR) is 371 cm³/mol. The summed E-state index contributed by atoms with van der Waals surface area (Å²) in [6.45, 7) is 2.56. The molecule has 6 aromatic rings. The van der Waals surface area contributed by atoms with Crippen molar-refractivity contribution in [3.05, 3.63) is 139 Å². The van der Waals surface area contributed by atoms with E-state index in [1.165, 1.54) is 103 Å². The second-order valence-corrected chi connectivity index (χ2v) is 29.1. The molecule has 5 N–H and O–H groups in total. The first-order valence-corrected chi connectivity index (χ1v) is 34.6. The number of ketones is 1. The number of hydrogen-bond acceptors (Lipinski definition) is 13. The number of terminal acetylenes is 1. The number of fused-ring (bicyclic) bond motifs is 4. The van der Waals surface area contributed by atoms with E-state index in [0.717, 1.165) is 140 Å². The predicted octanol–water partition coefficient (Wildman–Crippen LogP) is 14.7. The third kappa shape index (κ3) is 21.5. The number of carbonyl (C=O) groups is 2. The first kappa shape index (κ1) is 74.5. The van der Waals surface area contributed by atoms with Crippen LogP contribution in [0.2, 0.25) is 0 Å². The van der Waals surface area contributed by atoms with E-state index in [1.807, 2.05) is 75.9 Å². The fourth-order valence-electron chi connectivity index (χ4n) is 12.8. The molecule has 16 nitrogen and oxygen atoms in total. The lowest BCUT2D eigenvalue weighted by Crippen LogP contribution is -2.24. The standard InChI is InChI=1S/C22H19N3O.C15H15BrN2O.2C8H13NO.C8H12O.C7H5N.CH4.Cl2OS.2ClH.H3NO/c26-21-18-7-5-16(4-6-17-3-1-2-13-23-17)15-19(18)24-20-8-9-22(10-11-22)12-14-25(20)21;16-10-1-2-11-12(9-10)17-13-3-4-15(5-6-15)7-8-18(13)14(11)19;10-9-7-1-3-8(4-2-7)5-6-8;10-7-1-2-8(3-4-8)5-6-9-7;9-7-1-3-8(4-2-7)5-6-8;1-2-7-5-3-4-6-8-7;;1-4(2)3;;;1-2/h1-3,5,7,13,15H,8-12,14H2;1-2,9H,3-8H2;10H,1-6H2;1-6H2,(H,9,10);1-6H2;1,3-6H;1H4;;2*1H;2H,1H2. The summed E-state index contributed by atoms with van der Waals surface area (Å²) in [7, 11) is 7.36. The normalized spacial score (nSPS) is 19.7. The number of rotatable bonds is 0. The lowest BCUT2D eigenvalue weighted by atomic mass is 9.85. The van der Waals surface area contributed by atoms with Crippen LogP contribution < -0.4 is 22.3 Å². The van der Waals surface area contributed by atoms with Gasteiger partial charge in [0.05, 0.1) is 27.5 Å². The molecule has 7 saturated carbocycles. The minimum absolute atomic E-state index is 0. The number of halogens is 5. The van der Waals surface area contributed by atoms with Crippen LogP contribution in [0.3, 0.4) is 0 Å². The molecule has 490 valence electrons. The Morgan fingerprint density at radius 1 is 0.571 bits per heavy atom. The monoisotopic (exact) mass is 1400 g/mol. The molecule has 4 aromatic heterocycles. The molecule has 22 heteroatoms. The molecule has 10 aliphatic rings. The summed E-state index contributed by atoms with van der Waals surface area (Å²) in [5.41, 5.74) is 8.12. The topological polar surface area (TPSA) is 238 Å². The van der Waals surface area contributed by atoms with E-state index < -0.39 is 9.23 Å². The van der Waals surface area contributed by atoms with E-state index in [1.54, 1.807) is 18.5 Å². The van der Waals surface area contributed by atoms with Gasteiger partial charge in [0.1, 0.15) is 28.8 Å². The van der Waals surface area contributed by atoms with Gasteiger partial charge in [-0.1, -0.05) is 52.5 Å². The average molecular weight is 1410 g/mol. The van der Waals surface area contributed by atoms with E-state index in [4.69, 9.17) is 31.0 Å². The molecule has 0 radical (unpaired) electrons. The molecule has 0 atom stereocenters. The zero-order valence-electron chi connectivity index (χ0n) is 50.9. The fourth-order valence-corrected chi connectivity index (χ4v) is 13.2. The third-order valence-corrected chi connectivity index (χ3v) is 20.4. The molecule has 91 heavy (non-hydrogen) atoms. The van der Waals surface area contributed by atoms with Crippen LogP contribution in [0.15, 0.2) is 104 Å². The van der Waals surface area contributed by atoms with Crippen molar-refractivity contribution in [1.29, 1.82) is 0 Å². The average Bonchev–Trinajstić information content (AvgIpc) is 1.57. The largest absolute Gasteiger partial charge is 0.411 e. The number of aromatic nitrogens is 6. The minimum atomic E-state index is -1.67. The fraction of sp³-hybridized carbons (Fsp3) is 0.522. The summed E-state index contributed by atoms with van der Waals surface area (Å²) in [5.74, 6) is 14.8. The Morgan fingerprint density at radius 2 is 1.00 bits per heavy atom. The van der Waals surface area contributed by atoms with Crippen LogP contribution in [0.4, 0.5) is 0 Å². The van der Waals surface area contributed by atoms with Crippen molar-refractivity contribution in [2.24, 2.45) is 38.1 Å². The molecule has 3 aliphatic heterocycles. The highest BCUT2D eigenvalue weighted by atomic mass is 79.9. The molecule has 1 saturated heterocycles. The van der Waals surface area contributed by atoms with Crippen molar-refractivity contribution >= 4 is 111 Å². The second-order valence-electron chi connectivity index (χ2n) is 25.7. The van der Waals surface area contributed by atoms with E-state index in [-0.39, 0.29) is 49.3 Å². The third-order valence-electron chi connectivity index (χ3n) is 19.9. The molecule has 0 unspecified atom stereocenters. The SMILES string of the molecule is C.C#Cc1ccccn1.Cl.Cl.NO.O=C1CCC2(CC1)CC2.O=C1CCC2(CCN1)CC2.O=S(Cl)Cl.O=c1c2ccc(Br)cc2nc2n1CCC1(CC2)CC1.O=c1c2ccc(C#Cc3ccccn3)cc2nc2n1CCC1(CC2)CC1.ON=C1CCC2(CC1)CC2. The molecule has 2 aromatic carbocycles. The molecule has 1 amide bonds. The Bertz CT molecular complexity index is 3710. The van der Waals surface area contributed by atoms with Gasteiger partial charge in [-0.05, 0) is 235 Å². The number of nitrogens with zero attached hydrogens (tertiary/aromatic N) is 7. The highest BCUT2D eigenvalue weighted by molar-refractivity contribution is 9.10. The smallest absolute Gasteiger partial charge is 0.261 e. The van der Waals surface area contributed by atoms with Crippen LogP contribution >= 0.6 is 62.1 Å². The number of benzene rings is 2. The summed E-state index contributed by atoms with van der Waals surface area (Å²) < 4.78 is 13.9. The Kier molecular flexibility index (Phi) is 27.9. The van der Waals surface area contributed by atoms with Crippen molar-refractivity contribution < 1.29 is 24.2 Å². The van der Waals surface area contributed by atoms with Crippen molar-refractivity contribution in [3.8, 4) is 24.2 Å². The van der Waals surface area contributed by atoms with Crippen LogP contribution in [0, 0.1) is 51.3 Å². The zero-order valence-corrected chi connectivity index (χ0v) is 56.4. The molecular weight excluding hydrogens is 1320 g/mol. The van der Waals surface area contributed by atoms with E-state index in [9.17, 15) is 19.2 Å². The molecule has 8 fully saturated rings. The van der Waals surface area contributed by atoms with E-state index >= 15 is 0 Å². The number of Topliss-reactive ketones (excluding diaryl/α,β-unsaturated/α-hetero) is 1. The lowest BCUT2D eigenvalue weighted by molar-refractivity contribution is -0.121. The van der Waals surface area contributed by atoms with Gasteiger partial charge >= 0.3 is 0 Å². The molecule has 0 bridgehead atoms. The van der Waals surface area contributed by atoms with Gasteiger partial charge in [-0.2, -0.15) is 0 Å². The summed E-state index contributed by atoms with van der Waals surface area (Å²) in [6, 6.07) is 22.6.